The summed E-state index contributed by atoms with van der Waals surface area (Å²) >= 11 is 0. The largest absolute Gasteiger partial charge is 0.251 e. The lowest BCUT2D eigenvalue weighted by atomic mass is 9.43. The Bertz CT molecular complexity index is 2020. The van der Waals surface area contributed by atoms with E-state index in [1.807, 2.05) is 0 Å². The first-order valence-corrected chi connectivity index (χ1v) is 24.3. The Morgan fingerprint density at radius 1 is 0.639 bits per heavy atom. The molecule has 9 unspecified atom stereocenters. The Morgan fingerprint density at radius 3 is 1.93 bits per heavy atom. The summed E-state index contributed by atoms with van der Waals surface area (Å²) in [5, 5.41) is 10.7. The molecule has 0 amide bonds. The molecule has 0 saturated heterocycles. The number of benzene rings is 4. The predicted molar refractivity (Wildman–Crippen MR) is 249 cm³/mol. The molecule has 4 aliphatic carbocycles. The first kappa shape index (κ1) is 44.3. The maximum absolute atomic E-state index is 10.7. The van der Waals surface area contributed by atoms with Gasteiger partial charge in [-0.05, 0) is 170 Å². The fourth-order valence-corrected chi connectivity index (χ4v) is 13.9. The highest BCUT2D eigenvalue weighted by molar-refractivity contribution is 5.33. The summed E-state index contributed by atoms with van der Waals surface area (Å²) < 4.78 is 0. The highest BCUT2D eigenvalue weighted by atomic mass is 17.2. The summed E-state index contributed by atoms with van der Waals surface area (Å²) in [6.07, 6.45) is 15.1. The smallest absolute Gasteiger partial charge is 0.120 e. The van der Waals surface area contributed by atoms with E-state index in [0.29, 0.717) is 29.8 Å². The fraction of sp³-hybridized carbons (Fsp3) is 0.579. The van der Waals surface area contributed by atoms with Crippen molar-refractivity contribution in [2.75, 3.05) is 0 Å². The van der Waals surface area contributed by atoms with E-state index in [0.717, 1.165) is 73.3 Å². The van der Waals surface area contributed by atoms with Gasteiger partial charge in [0.25, 0.3) is 0 Å². The van der Waals surface area contributed by atoms with Crippen molar-refractivity contribution in [2.24, 2.45) is 58.2 Å². The van der Waals surface area contributed by atoms with Gasteiger partial charge in [0.2, 0.25) is 0 Å². The van der Waals surface area contributed by atoms with E-state index in [9.17, 15) is 5.26 Å². The van der Waals surface area contributed by atoms with Crippen LogP contribution in [0.25, 0.3) is 0 Å². The number of hydrogen-bond donors (Lipinski definition) is 1. The van der Waals surface area contributed by atoms with E-state index in [1.54, 1.807) is 0 Å². The second kappa shape index (κ2) is 19.2. The van der Waals surface area contributed by atoms with Gasteiger partial charge in [-0.3, -0.25) is 5.26 Å². The van der Waals surface area contributed by atoms with Crippen LogP contribution in [-0.4, -0.2) is 11.4 Å². The Morgan fingerprint density at radius 2 is 1.26 bits per heavy atom. The zero-order valence-electron chi connectivity index (χ0n) is 38.6. The number of fused-ring (bicyclic) bond motifs is 5. The summed E-state index contributed by atoms with van der Waals surface area (Å²) in [4.78, 5) is 18.8. The van der Waals surface area contributed by atoms with Crippen LogP contribution in [0.3, 0.4) is 0 Å². The van der Waals surface area contributed by atoms with Crippen molar-refractivity contribution < 1.29 is 19.9 Å². The van der Waals surface area contributed by atoms with Crippen molar-refractivity contribution in [2.45, 2.75) is 151 Å². The minimum atomic E-state index is -0.375. The van der Waals surface area contributed by atoms with Gasteiger partial charge in [-0.2, -0.15) is 0 Å². The van der Waals surface area contributed by atoms with E-state index < -0.39 is 0 Å². The van der Waals surface area contributed by atoms with Gasteiger partial charge in [0, 0.05) is 0 Å². The lowest BCUT2D eigenvalue weighted by Crippen LogP contribution is -2.58. The van der Waals surface area contributed by atoms with E-state index >= 15 is 0 Å². The molecule has 4 heteroatoms. The second-order valence-corrected chi connectivity index (χ2v) is 21.6. The van der Waals surface area contributed by atoms with Gasteiger partial charge in [0.05, 0.1) is 6.10 Å². The molecule has 4 aromatic rings. The minimum absolute atomic E-state index is 0.00173. The number of hydrogen-bond acceptors (Lipinski definition) is 4. The third-order valence-corrected chi connectivity index (χ3v) is 17.2. The second-order valence-electron chi connectivity index (χ2n) is 21.6. The van der Waals surface area contributed by atoms with Crippen LogP contribution in [0, 0.1) is 72.0 Å². The molecule has 1 N–H and O–H groups in total. The monoisotopic (exact) mass is 825 g/mol. The van der Waals surface area contributed by atoms with Crippen LogP contribution in [0.1, 0.15) is 156 Å². The molecule has 4 saturated carbocycles. The van der Waals surface area contributed by atoms with Gasteiger partial charge >= 0.3 is 0 Å². The summed E-state index contributed by atoms with van der Waals surface area (Å²) in [5.41, 5.74) is 10.5. The minimum Gasteiger partial charge on any atom is -0.251 e. The van der Waals surface area contributed by atoms with Crippen molar-refractivity contribution in [1.82, 2.24) is 0 Å². The third kappa shape index (κ3) is 9.79. The molecule has 328 valence electrons. The molecule has 4 fully saturated rings. The highest BCUT2D eigenvalue weighted by Crippen LogP contribution is 2.69. The van der Waals surface area contributed by atoms with E-state index in [-0.39, 0.29) is 23.5 Å². The van der Waals surface area contributed by atoms with Gasteiger partial charge in [-0.15, -0.1) is 0 Å². The van der Waals surface area contributed by atoms with Crippen LogP contribution in [0.4, 0.5) is 0 Å². The van der Waals surface area contributed by atoms with Crippen LogP contribution in [0.2, 0.25) is 0 Å². The summed E-state index contributed by atoms with van der Waals surface area (Å²) in [6.45, 7) is 17.4. The summed E-state index contributed by atoms with van der Waals surface area (Å²) in [7, 11) is 0. The van der Waals surface area contributed by atoms with Crippen LogP contribution in [0.5, 0.6) is 0 Å². The molecule has 4 aromatic carbocycles. The average Bonchev–Trinajstić information content (AvgIpc) is 3.61. The van der Waals surface area contributed by atoms with Gasteiger partial charge in [0.15, 0.2) is 0 Å². The first-order chi connectivity index (χ1) is 29.4. The van der Waals surface area contributed by atoms with Crippen molar-refractivity contribution in [1.29, 1.82) is 0 Å². The lowest BCUT2D eigenvalue weighted by molar-refractivity contribution is -0.368. The number of aryl methyl sites for hydroxylation is 2. The molecule has 11 atom stereocenters. The fourth-order valence-electron chi connectivity index (χ4n) is 13.9. The van der Waals surface area contributed by atoms with Crippen LogP contribution in [0.15, 0.2) is 97.1 Å². The van der Waals surface area contributed by atoms with Crippen LogP contribution < -0.4 is 0 Å². The molecule has 0 heterocycles. The quantitative estimate of drug-likeness (QED) is 0.0903. The summed E-state index contributed by atoms with van der Waals surface area (Å²) in [5.74, 6) is 5.00. The maximum atomic E-state index is 10.7. The maximum Gasteiger partial charge on any atom is 0.120 e. The predicted octanol–water partition coefficient (Wildman–Crippen LogP) is 14.9. The molecular formula is C57H76O4. The third-order valence-electron chi connectivity index (χ3n) is 17.2. The number of rotatable bonds is 16. The zero-order valence-corrected chi connectivity index (χ0v) is 38.6. The van der Waals surface area contributed by atoms with Crippen LogP contribution >= 0.6 is 0 Å². The highest BCUT2D eigenvalue weighted by Gasteiger charge is 2.63. The van der Waals surface area contributed by atoms with E-state index in [1.165, 1.54) is 78.3 Å². The molecule has 61 heavy (non-hydrogen) atoms. The molecule has 0 spiro atoms. The zero-order chi connectivity index (χ0) is 42.7. The molecule has 0 bridgehead atoms. The molecular weight excluding hydrogens is 749 g/mol. The van der Waals surface area contributed by atoms with Crippen molar-refractivity contribution in [3.05, 3.63) is 142 Å². The van der Waals surface area contributed by atoms with E-state index in [4.69, 9.17) is 14.7 Å². The van der Waals surface area contributed by atoms with Crippen molar-refractivity contribution >= 4 is 0 Å². The molecule has 0 aromatic heterocycles. The Labute approximate surface area is 369 Å². The Balaban J connectivity index is 1.02. The molecule has 4 aliphatic rings. The normalized spacial score (nSPS) is 30.7. The summed E-state index contributed by atoms with van der Waals surface area (Å²) in [6, 6.07) is 35.3. The van der Waals surface area contributed by atoms with Gasteiger partial charge in [-0.25, -0.2) is 14.7 Å². The topological polar surface area (TPSA) is 47.9 Å². The Kier molecular flexibility index (Phi) is 14.0. The molecule has 0 aliphatic heterocycles. The average molecular weight is 825 g/mol. The van der Waals surface area contributed by atoms with Gasteiger partial charge in [-0.1, -0.05) is 162 Å². The van der Waals surface area contributed by atoms with Gasteiger partial charge < -0.3 is 0 Å². The Hall–Kier alpha value is -3.28. The van der Waals surface area contributed by atoms with Crippen molar-refractivity contribution in [3.8, 4) is 0 Å². The van der Waals surface area contributed by atoms with E-state index in [2.05, 4.69) is 146 Å². The SMILES string of the molecule is Cc1ccc(Cc2cccc(COOC3CC4C(CC[C@]5(C)C(C(C)CCCC(C)C)CCC45)[C@@]4(C)CCC(C(OO)c5cccc(Cc6ccc(C)cc6)c5)CC34)c2)cc1. The van der Waals surface area contributed by atoms with Crippen molar-refractivity contribution in [3.63, 3.8) is 0 Å². The molecule has 0 radical (unpaired) electrons. The standard InChI is InChI=1S/C57H76O4/c1-38(2)11-8-12-41(5)50-25-26-51-49-36-54(61-59-37-46-15-9-13-44(33-46)31-42-21-17-39(3)18-22-42)53-35-48(27-29-57(53,7)52(49)28-30-56(50,51)6)55(60-58)47-16-10-14-45(34-47)32-43-23-19-40(4)20-24-43/h9-10,13-24,33-34,38,41,48-55,58H,8,11-12,25-32,35-37H2,1-7H3/t41?,48?,49?,50?,51?,52?,53?,54?,55?,56-,57-/m1/s1. The molecule has 4 nitrogen and oxygen atoms in total. The first-order valence-electron chi connectivity index (χ1n) is 24.3. The van der Waals surface area contributed by atoms with Gasteiger partial charge in [0.1, 0.15) is 12.7 Å². The molecule has 8 rings (SSSR count). The van der Waals surface area contributed by atoms with Crippen LogP contribution in [-0.2, 0) is 34.1 Å². The lowest BCUT2D eigenvalue weighted by Gasteiger charge is -2.63.